The average molecular weight is 508 g/mol. The highest BCUT2D eigenvalue weighted by Crippen LogP contribution is 2.26. The van der Waals surface area contributed by atoms with Crippen molar-refractivity contribution in [2.24, 2.45) is 0 Å². The van der Waals surface area contributed by atoms with Gasteiger partial charge in [-0.1, -0.05) is 60.7 Å². The summed E-state index contributed by atoms with van der Waals surface area (Å²) in [5, 5.41) is 2.72. The number of allylic oxidation sites excluding steroid dienone is 1. The van der Waals surface area contributed by atoms with Crippen molar-refractivity contribution in [1.29, 1.82) is 0 Å². The topological polar surface area (TPSA) is 73.9 Å². The van der Waals surface area contributed by atoms with Crippen LogP contribution < -0.4 is 19.5 Å². The number of methoxy groups -OCH3 is 1. The third-order valence-electron chi connectivity index (χ3n) is 5.67. The quantitative estimate of drug-likeness (QED) is 0.180. The predicted octanol–water partition coefficient (Wildman–Crippen LogP) is 6.71. The molecule has 0 aliphatic carbocycles. The van der Waals surface area contributed by atoms with Crippen LogP contribution >= 0.6 is 0 Å². The Hall–Kier alpha value is -4.84. The first-order valence-corrected chi connectivity index (χ1v) is 12.2. The predicted molar refractivity (Wildman–Crippen MR) is 149 cm³/mol. The fourth-order valence-corrected chi connectivity index (χ4v) is 3.69. The number of amides is 1. The van der Waals surface area contributed by atoms with Crippen LogP contribution in [0.1, 0.15) is 34.0 Å². The molecule has 4 aromatic carbocycles. The fraction of sp³-hybridized carbons (Fsp3) is 0.125. The summed E-state index contributed by atoms with van der Waals surface area (Å²) < 4.78 is 17.0. The van der Waals surface area contributed by atoms with Gasteiger partial charge in [0.15, 0.2) is 5.78 Å². The van der Waals surface area contributed by atoms with Crippen molar-refractivity contribution in [1.82, 2.24) is 0 Å². The number of hydrogen-bond acceptors (Lipinski definition) is 5. The molecule has 0 aliphatic rings. The van der Waals surface area contributed by atoms with Crippen molar-refractivity contribution in [3.05, 3.63) is 125 Å². The summed E-state index contributed by atoms with van der Waals surface area (Å²) in [6.45, 7) is 2.18. The molecule has 6 heteroatoms. The molecule has 4 aromatic rings. The molecule has 0 atom stereocenters. The van der Waals surface area contributed by atoms with E-state index in [1.54, 1.807) is 31.4 Å². The largest absolute Gasteiger partial charge is 0.497 e. The molecule has 192 valence electrons. The SMILES string of the molecule is COc1ccc(COc2ccc(NC(C)=O)cc2C(=O)/C=C/c2ccc(OCc3ccccc3)cc2)cc1. The first-order chi connectivity index (χ1) is 18.5. The van der Waals surface area contributed by atoms with Crippen molar-refractivity contribution >= 4 is 23.5 Å². The molecule has 6 nitrogen and oxygen atoms in total. The Bertz CT molecular complexity index is 1390. The number of ketones is 1. The molecule has 0 unspecified atom stereocenters. The third kappa shape index (κ3) is 7.58. The number of benzene rings is 4. The molecule has 0 bridgehead atoms. The Morgan fingerprint density at radius 3 is 2.11 bits per heavy atom. The molecular formula is C32H29NO5. The summed E-state index contributed by atoms with van der Waals surface area (Å²) in [6, 6.07) is 30.0. The molecule has 0 aliphatic heterocycles. The third-order valence-corrected chi connectivity index (χ3v) is 5.67. The highest BCUT2D eigenvalue weighted by Gasteiger charge is 2.13. The van der Waals surface area contributed by atoms with E-state index in [0.717, 1.165) is 28.2 Å². The smallest absolute Gasteiger partial charge is 0.221 e. The summed E-state index contributed by atoms with van der Waals surface area (Å²) in [5.41, 5.74) is 3.74. The van der Waals surface area contributed by atoms with E-state index < -0.39 is 0 Å². The van der Waals surface area contributed by atoms with Crippen molar-refractivity contribution in [2.45, 2.75) is 20.1 Å². The Labute approximate surface area is 222 Å². The average Bonchev–Trinajstić information content (AvgIpc) is 2.95. The summed E-state index contributed by atoms with van der Waals surface area (Å²) in [5.74, 6) is 1.46. The van der Waals surface area contributed by atoms with Crippen LogP contribution in [0.4, 0.5) is 5.69 Å². The minimum Gasteiger partial charge on any atom is -0.497 e. The molecule has 1 N–H and O–H groups in total. The number of carbonyl (C=O) groups is 2. The summed E-state index contributed by atoms with van der Waals surface area (Å²) >= 11 is 0. The molecule has 0 aromatic heterocycles. The minimum atomic E-state index is -0.244. The summed E-state index contributed by atoms with van der Waals surface area (Å²) in [4.78, 5) is 24.7. The second-order valence-electron chi connectivity index (χ2n) is 8.57. The molecule has 0 fully saturated rings. The fourth-order valence-electron chi connectivity index (χ4n) is 3.69. The lowest BCUT2D eigenvalue weighted by Crippen LogP contribution is -2.08. The monoisotopic (exact) mass is 507 g/mol. The van der Waals surface area contributed by atoms with Gasteiger partial charge in [-0.3, -0.25) is 9.59 Å². The van der Waals surface area contributed by atoms with Gasteiger partial charge in [-0.25, -0.2) is 0 Å². The Balaban J connectivity index is 1.45. The van der Waals surface area contributed by atoms with Gasteiger partial charge in [0.2, 0.25) is 5.91 Å². The minimum absolute atomic E-state index is 0.222. The molecule has 38 heavy (non-hydrogen) atoms. The lowest BCUT2D eigenvalue weighted by atomic mass is 10.1. The van der Waals surface area contributed by atoms with Crippen LogP contribution in [0.2, 0.25) is 0 Å². The number of carbonyl (C=O) groups excluding carboxylic acids is 2. The lowest BCUT2D eigenvalue weighted by Gasteiger charge is -2.12. The van der Waals surface area contributed by atoms with Crippen LogP contribution in [-0.2, 0) is 18.0 Å². The molecule has 0 heterocycles. The van der Waals surface area contributed by atoms with E-state index in [2.05, 4.69) is 5.32 Å². The number of anilines is 1. The van der Waals surface area contributed by atoms with Gasteiger partial charge in [-0.15, -0.1) is 0 Å². The molecule has 0 radical (unpaired) electrons. The van der Waals surface area contributed by atoms with Crippen LogP contribution in [0.25, 0.3) is 6.08 Å². The molecule has 0 spiro atoms. The zero-order valence-electron chi connectivity index (χ0n) is 21.3. The first-order valence-electron chi connectivity index (χ1n) is 12.2. The summed E-state index contributed by atoms with van der Waals surface area (Å²) in [7, 11) is 1.61. The van der Waals surface area contributed by atoms with Gasteiger partial charge in [-0.05, 0) is 65.2 Å². The second kappa shape index (κ2) is 12.9. The Morgan fingerprint density at radius 1 is 0.763 bits per heavy atom. The van der Waals surface area contributed by atoms with Crippen LogP contribution in [0.15, 0.2) is 103 Å². The van der Waals surface area contributed by atoms with Crippen molar-refractivity contribution < 1.29 is 23.8 Å². The van der Waals surface area contributed by atoms with E-state index in [-0.39, 0.29) is 18.3 Å². The van der Waals surface area contributed by atoms with Crippen LogP contribution in [0.3, 0.4) is 0 Å². The highest BCUT2D eigenvalue weighted by atomic mass is 16.5. The maximum Gasteiger partial charge on any atom is 0.221 e. The van der Waals surface area contributed by atoms with Gasteiger partial charge in [0.1, 0.15) is 30.5 Å². The number of hydrogen-bond donors (Lipinski definition) is 1. The van der Waals surface area contributed by atoms with Crippen LogP contribution in [0.5, 0.6) is 17.2 Å². The van der Waals surface area contributed by atoms with E-state index in [9.17, 15) is 9.59 Å². The molecule has 1 amide bonds. The van der Waals surface area contributed by atoms with E-state index in [1.165, 1.54) is 13.0 Å². The first kappa shape index (κ1) is 26.2. The zero-order valence-corrected chi connectivity index (χ0v) is 21.3. The molecule has 0 saturated carbocycles. The van der Waals surface area contributed by atoms with Gasteiger partial charge in [0.05, 0.1) is 12.7 Å². The van der Waals surface area contributed by atoms with E-state index in [0.29, 0.717) is 23.6 Å². The number of ether oxygens (including phenoxy) is 3. The van der Waals surface area contributed by atoms with Crippen LogP contribution in [0, 0.1) is 0 Å². The lowest BCUT2D eigenvalue weighted by molar-refractivity contribution is -0.114. The Morgan fingerprint density at radius 2 is 1.42 bits per heavy atom. The van der Waals surface area contributed by atoms with Gasteiger partial charge in [-0.2, -0.15) is 0 Å². The van der Waals surface area contributed by atoms with Gasteiger partial charge >= 0.3 is 0 Å². The molecule has 4 rings (SSSR count). The number of nitrogens with one attached hydrogen (secondary N) is 1. The van der Waals surface area contributed by atoms with Crippen molar-refractivity contribution in [2.75, 3.05) is 12.4 Å². The normalized spacial score (nSPS) is 10.7. The highest BCUT2D eigenvalue weighted by molar-refractivity contribution is 6.09. The van der Waals surface area contributed by atoms with Crippen LogP contribution in [-0.4, -0.2) is 18.8 Å². The van der Waals surface area contributed by atoms with E-state index in [1.807, 2.05) is 78.9 Å². The maximum absolute atomic E-state index is 13.2. The van der Waals surface area contributed by atoms with E-state index in [4.69, 9.17) is 14.2 Å². The second-order valence-corrected chi connectivity index (χ2v) is 8.57. The molecular weight excluding hydrogens is 478 g/mol. The van der Waals surface area contributed by atoms with E-state index >= 15 is 0 Å². The molecule has 0 saturated heterocycles. The van der Waals surface area contributed by atoms with Crippen molar-refractivity contribution in [3.63, 3.8) is 0 Å². The Kier molecular flexibility index (Phi) is 8.92. The summed E-state index contributed by atoms with van der Waals surface area (Å²) in [6.07, 6.45) is 3.23. The maximum atomic E-state index is 13.2. The van der Waals surface area contributed by atoms with Gasteiger partial charge < -0.3 is 19.5 Å². The number of rotatable bonds is 11. The standard InChI is InChI=1S/C32H29NO5/c1-23(34)33-27-13-19-32(38-22-26-10-14-28(36-2)15-11-26)30(20-27)31(35)18-12-24-8-16-29(17-9-24)37-21-25-6-4-3-5-7-25/h3-20H,21-22H2,1-2H3,(H,33,34)/b18-12+. The van der Waals surface area contributed by atoms with Gasteiger partial charge in [0, 0.05) is 12.6 Å². The van der Waals surface area contributed by atoms with Crippen molar-refractivity contribution in [3.8, 4) is 17.2 Å². The zero-order chi connectivity index (χ0) is 26.7. The van der Waals surface area contributed by atoms with Gasteiger partial charge in [0.25, 0.3) is 0 Å².